The highest BCUT2D eigenvalue weighted by molar-refractivity contribution is 6.31. The molecule has 0 fully saturated rings. The Morgan fingerprint density at radius 2 is 1.18 bits per heavy atom. The van der Waals surface area contributed by atoms with Crippen molar-refractivity contribution in [3.63, 3.8) is 0 Å². The van der Waals surface area contributed by atoms with Gasteiger partial charge in [0.25, 0.3) is 0 Å². The summed E-state index contributed by atoms with van der Waals surface area (Å²) in [6.45, 7) is 0. The van der Waals surface area contributed by atoms with E-state index in [1.165, 1.54) is 24.3 Å². The van der Waals surface area contributed by atoms with Gasteiger partial charge in [-0.15, -0.1) is 0 Å². The van der Waals surface area contributed by atoms with Gasteiger partial charge in [-0.1, -0.05) is 60.7 Å². The van der Waals surface area contributed by atoms with Crippen LogP contribution in [-0.4, -0.2) is 11.4 Å². The predicted molar refractivity (Wildman–Crippen MR) is 150 cm³/mol. The standard InChI is InChI=1S/C34H18F2N4/c35-23-5-1-3-19(11-23)21-7-9-25-27-15-32-28(16-31(27)33(39-17-37)29(25)13-21)26-10-8-22(14-30(26)34(32)40-18-38)20-4-2-6-24(36)12-20/h1-16,27,31H. The van der Waals surface area contributed by atoms with Gasteiger partial charge in [0.2, 0.25) is 12.4 Å². The maximum atomic E-state index is 13.9. The van der Waals surface area contributed by atoms with E-state index in [1.807, 2.05) is 60.9 Å². The highest BCUT2D eigenvalue weighted by Crippen LogP contribution is 2.51. The molecule has 0 radical (unpaired) electrons. The topological polar surface area (TPSA) is 72.3 Å². The second-order valence-electron chi connectivity index (χ2n) is 9.95. The number of nitriles is 2. The van der Waals surface area contributed by atoms with E-state index < -0.39 is 0 Å². The van der Waals surface area contributed by atoms with E-state index >= 15 is 0 Å². The summed E-state index contributed by atoms with van der Waals surface area (Å²) in [5.74, 6) is -0.931. The SMILES string of the molecule is N#CN=C1C2=CC3c4ccc(-c5cccc(F)c5)cc4C(=NC#N)C3C=C2c2ccc(-c3cccc(F)c3)cc21. The largest absolute Gasteiger partial charge is 0.207 e. The molecule has 0 spiro atoms. The summed E-state index contributed by atoms with van der Waals surface area (Å²) in [6, 6.07) is 24.6. The molecule has 40 heavy (non-hydrogen) atoms. The number of rotatable bonds is 2. The fraction of sp³-hybridized carbons (Fsp3) is 0.0588. The van der Waals surface area contributed by atoms with Gasteiger partial charge in [0.05, 0.1) is 11.4 Å². The third kappa shape index (κ3) is 3.62. The van der Waals surface area contributed by atoms with Gasteiger partial charge in [-0.25, -0.2) is 8.78 Å². The summed E-state index contributed by atoms with van der Waals surface area (Å²) in [7, 11) is 0. The summed E-state index contributed by atoms with van der Waals surface area (Å²) < 4.78 is 27.8. The van der Waals surface area contributed by atoms with Crippen LogP contribution in [0.5, 0.6) is 0 Å². The van der Waals surface area contributed by atoms with E-state index in [2.05, 4.69) is 22.1 Å². The van der Waals surface area contributed by atoms with E-state index in [-0.39, 0.29) is 23.5 Å². The van der Waals surface area contributed by atoms with Crippen LogP contribution in [0.15, 0.2) is 113 Å². The van der Waals surface area contributed by atoms with Crippen molar-refractivity contribution in [3.8, 4) is 34.6 Å². The van der Waals surface area contributed by atoms with Crippen LogP contribution in [0.4, 0.5) is 8.78 Å². The first-order chi connectivity index (χ1) is 19.6. The third-order valence-corrected chi connectivity index (χ3v) is 7.84. The zero-order valence-corrected chi connectivity index (χ0v) is 20.9. The van der Waals surface area contributed by atoms with Gasteiger partial charge in [-0.3, -0.25) is 0 Å². The number of halogens is 2. The number of hydrogen-bond acceptors (Lipinski definition) is 4. The fourth-order valence-electron chi connectivity index (χ4n) is 6.14. The Balaban J connectivity index is 1.37. The molecule has 2 atom stereocenters. The Labute approximate surface area is 229 Å². The Morgan fingerprint density at radius 3 is 1.82 bits per heavy atom. The lowest BCUT2D eigenvalue weighted by atomic mass is 9.81. The summed E-state index contributed by atoms with van der Waals surface area (Å²) in [4.78, 5) is 8.46. The van der Waals surface area contributed by atoms with Crippen LogP contribution in [0.3, 0.4) is 0 Å². The molecule has 7 rings (SSSR count). The van der Waals surface area contributed by atoms with E-state index in [4.69, 9.17) is 0 Å². The maximum absolute atomic E-state index is 13.9. The molecule has 6 heteroatoms. The normalized spacial score (nSPS) is 20.1. The van der Waals surface area contributed by atoms with Crippen LogP contribution in [0.2, 0.25) is 0 Å². The van der Waals surface area contributed by atoms with Crippen LogP contribution >= 0.6 is 0 Å². The summed E-state index contributed by atoms with van der Waals surface area (Å²) in [5.41, 5.74) is 9.75. The maximum Gasteiger partial charge on any atom is 0.206 e. The van der Waals surface area contributed by atoms with Crippen LogP contribution in [-0.2, 0) is 0 Å². The molecular weight excluding hydrogens is 502 g/mol. The van der Waals surface area contributed by atoms with Gasteiger partial charge in [0.1, 0.15) is 11.6 Å². The molecule has 0 N–H and O–H groups in total. The molecule has 188 valence electrons. The Hall–Kier alpha value is -5.46. The average molecular weight is 521 g/mol. The molecule has 0 aromatic heterocycles. The molecular formula is C34H18F2N4. The van der Waals surface area contributed by atoms with Gasteiger partial charge in [0.15, 0.2) is 0 Å². The van der Waals surface area contributed by atoms with Gasteiger partial charge in [-0.2, -0.15) is 20.5 Å². The van der Waals surface area contributed by atoms with E-state index in [0.717, 1.165) is 55.7 Å². The molecule has 4 nitrogen and oxygen atoms in total. The molecule has 0 heterocycles. The minimum Gasteiger partial charge on any atom is -0.207 e. The quantitative estimate of drug-likeness (QED) is 0.256. The van der Waals surface area contributed by atoms with Crippen LogP contribution in [0, 0.1) is 40.5 Å². The molecule has 0 amide bonds. The minimum atomic E-state index is -0.320. The van der Waals surface area contributed by atoms with Crippen molar-refractivity contribution in [3.05, 3.63) is 137 Å². The molecule has 3 aliphatic rings. The molecule has 0 saturated carbocycles. The molecule has 0 saturated heterocycles. The highest BCUT2D eigenvalue weighted by atomic mass is 19.1. The Kier molecular flexibility index (Phi) is 5.37. The van der Waals surface area contributed by atoms with Gasteiger partial charge >= 0.3 is 0 Å². The van der Waals surface area contributed by atoms with Crippen molar-refractivity contribution in [2.45, 2.75) is 5.92 Å². The zero-order chi connectivity index (χ0) is 27.4. The number of nitrogens with zero attached hydrogens (tertiary/aromatic N) is 4. The monoisotopic (exact) mass is 520 g/mol. The second kappa shape index (κ2) is 9.08. The first kappa shape index (κ1) is 23.6. The van der Waals surface area contributed by atoms with Gasteiger partial charge in [0, 0.05) is 28.5 Å². The molecule has 4 aromatic carbocycles. The second-order valence-corrected chi connectivity index (χ2v) is 9.95. The molecule has 0 aliphatic heterocycles. The van der Waals surface area contributed by atoms with E-state index in [0.29, 0.717) is 11.4 Å². The predicted octanol–water partition coefficient (Wildman–Crippen LogP) is 7.59. The summed E-state index contributed by atoms with van der Waals surface area (Å²) in [5, 5.41) is 19.1. The lowest BCUT2D eigenvalue weighted by Crippen LogP contribution is -2.16. The van der Waals surface area contributed by atoms with Crippen LogP contribution < -0.4 is 0 Å². The molecule has 0 bridgehead atoms. The molecule has 3 aliphatic carbocycles. The number of hydrogen-bond donors (Lipinski definition) is 0. The van der Waals surface area contributed by atoms with Crippen molar-refractivity contribution in [2.75, 3.05) is 0 Å². The third-order valence-electron chi connectivity index (χ3n) is 7.84. The average Bonchev–Trinajstić information content (AvgIpc) is 3.43. The Morgan fingerprint density at radius 1 is 0.575 bits per heavy atom. The van der Waals surface area contributed by atoms with Crippen molar-refractivity contribution in [2.24, 2.45) is 15.9 Å². The lowest BCUT2D eigenvalue weighted by Gasteiger charge is -2.21. The fourth-order valence-corrected chi connectivity index (χ4v) is 6.14. The Bertz CT molecular complexity index is 1970. The summed E-state index contributed by atoms with van der Waals surface area (Å²) in [6.07, 6.45) is 8.14. The smallest absolute Gasteiger partial charge is 0.206 e. The number of allylic oxidation sites excluding steroid dienone is 4. The van der Waals surface area contributed by atoms with Gasteiger partial charge in [-0.05, 0) is 75.4 Å². The van der Waals surface area contributed by atoms with Gasteiger partial charge < -0.3 is 0 Å². The first-order valence-corrected chi connectivity index (χ1v) is 12.7. The van der Waals surface area contributed by atoms with Crippen molar-refractivity contribution in [1.82, 2.24) is 0 Å². The number of fused-ring (bicyclic) bond motifs is 6. The molecule has 4 aromatic rings. The lowest BCUT2D eigenvalue weighted by molar-refractivity contribution is 0.628. The van der Waals surface area contributed by atoms with Crippen LogP contribution in [0.25, 0.3) is 27.8 Å². The number of aliphatic imine (C=N–C) groups is 2. The van der Waals surface area contributed by atoms with E-state index in [1.54, 1.807) is 12.1 Å². The van der Waals surface area contributed by atoms with Crippen molar-refractivity contribution < 1.29 is 8.78 Å². The van der Waals surface area contributed by atoms with Crippen molar-refractivity contribution >= 4 is 17.0 Å². The highest BCUT2D eigenvalue weighted by Gasteiger charge is 2.42. The van der Waals surface area contributed by atoms with Crippen molar-refractivity contribution in [1.29, 1.82) is 10.5 Å². The number of benzene rings is 4. The molecule has 2 unspecified atom stereocenters. The first-order valence-electron chi connectivity index (χ1n) is 12.7. The van der Waals surface area contributed by atoms with Crippen LogP contribution in [0.1, 0.15) is 28.2 Å². The minimum absolute atomic E-state index is 0.108. The van der Waals surface area contributed by atoms with E-state index in [9.17, 15) is 19.3 Å². The zero-order valence-electron chi connectivity index (χ0n) is 20.9. The summed E-state index contributed by atoms with van der Waals surface area (Å²) >= 11 is 0.